The van der Waals surface area contributed by atoms with Gasteiger partial charge in [0.1, 0.15) is 6.79 Å². The van der Waals surface area contributed by atoms with E-state index >= 15 is 0 Å². The average molecular weight is 377 g/mol. The molecule has 0 saturated heterocycles. The third-order valence-corrected chi connectivity index (χ3v) is 10.2. The third-order valence-electron chi connectivity index (χ3n) is 10.2. The van der Waals surface area contributed by atoms with E-state index in [4.69, 9.17) is 4.74 Å². The summed E-state index contributed by atoms with van der Waals surface area (Å²) < 4.78 is 6.09. The zero-order valence-corrected chi connectivity index (χ0v) is 18.3. The maximum Gasteiger partial charge on any atom is 0.144 e. The van der Waals surface area contributed by atoms with Crippen molar-refractivity contribution in [2.75, 3.05) is 6.79 Å². The van der Waals surface area contributed by atoms with Crippen molar-refractivity contribution < 1.29 is 9.84 Å². The second-order valence-corrected chi connectivity index (χ2v) is 11.4. The molecule has 0 aromatic rings. The molecule has 0 aromatic heterocycles. The van der Waals surface area contributed by atoms with Crippen LogP contribution in [0.5, 0.6) is 0 Å². The van der Waals surface area contributed by atoms with Gasteiger partial charge in [-0.1, -0.05) is 46.5 Å². The van der Waals surface area contributed by atoms with Crippen molar-refractivity contribution in [3.05, 3.63) is 0 Å². The van der Waals surface area contributed by atoms with Crippen molar-refractivity contribution >= 4 is 0 Å². The minimum atomic E-state index is -0.0952. The van der Waals surface area contributed by atoms with Gasteiger partial charge < -0.3 is 9.84 Å². The highest BCUT2D eigenvalue weighted by Gasteiger charge is 2.59. The molecule has 0 amide bonds. The predicted octanol–water partition coefficient (Wildman–Crippen LogP) is 6.70. The van der Waals surface area contributed by atoms with Crippen LogP contribution in [-0.2, 0) is 4.74 Å². The predicted molar refractivity (Wildman–Crippen MR) is 111 cm³/mol. The number of rotatable bonds is 6. The summed E-state index contributed by atoms with van der Waals surface area (Å²) in [5, 5.41) is 9.60. The highest BCUT2D eigenvalue weighted by atomic mass is 16.6. The zero-order valence-electron chi connectivity index (χ0n) is 18.3. The Morgan fingerprint density at radius 2 is 1.78 bits per heavy atom. The summed E-state index contributed by atoms with van der Waals surface area (Å²) in [6, 6.07) is 0. The first-order valence-corrected chi connectivity index (χ1v) is 12.2. The van der Waals surface area contributed by atoms with Crippen LogP contribution in [0.4, 0.5) is 0 Å². The maximum atomic E-state index is 9.60. The molecule has 0 radical (unpaired) electrons. The molecular weight excluding hydrogens is 332 g/mol. The van der Waals surface area contributed by atoms with E-state index in [1.807, 2.05) is 0 Å². The molecule has 1 N–H and O–H groups in total. The van der Waals surface area contributed by atoms with E-state index in [1.165, 1.54) is 83.5 Å². The van der Waals surface area contributed by atoms with Gasteiger partial charge in [-0.3, -0.25) is 0 Å². The second-order valence-electron chi connectivity index (χ2n) is 11.4. The Hall–Kier alpha value is -0.0800. The Kier molecular flexibility index (Phi) is 5.71. The van der Waals surface area contributed by atoms with Gasteiger partial charge in [0, 0.05) is 0 Å². The number of hydrogen-bond acceptors (Lipinski definition) is 2. The largest absolute Gasteiger partial charge is 0.371 e. The topological polar surface area (TPSA) is 29.5 Å². The number of unbranched alkanes of at least 4 members (excludes halogenated alkanes) is 2. The van der Waals surface area contributed by atoms with Crippen LogP contribution in [0, 0.1) is 34.5 Å². The van der Waals surface area contributed by atoms with E-state index in [0.717, 1.165) is 30.1 Å². The first kappa shape index (κ1) is 20.2. The van der Waals surface area contributed by atoms with Gasteiger partial charge in [0.2, 0.25) is 0 Å². The molecule has 4 aliphatic rings. The van der Waals surface area contributed by atoms with Crippen molar-refractivity contribution in [2.24, 2.45) is 34.5 Å². The zero-order chi connectivity index (χ0) is 19.1. The van der Waals surface area contributed by atoms with Gasteiger partial charge in [-0.15, -0.1) is 0 Å². The van der Waals surface area contributed by atoms with Crippen molar-refractivity contribution in [2.45, 2.75) is 116 Å². The number of hydrogen-bond donors (Lipinski definition) is 1. The quantitative estimate of drug-likeness (QED) is 0.412. The molecule has 4 aliphatic carbocycles. The fourth-order valence-electron chi connectivity index (χ4n) is 8.57. The van der Waals surface area contributed by atoms with Gasteiger partial charge in [-0.05, 0) is 98.7 Å². The summed E-state index contributed by atoms with van der Waals surface area (Å²) in [5.41, 5.74) is 1.17. The molecule has 0 heterocycles. The van der Waals surface area contributed by atoms with Gasteiger partial charge in [-0.2, -0.15) is 0 Å². The third kappa shape index (κ3) is 3.41. The van der Waals surface area contributed by atoms with Crippen LogP contribution in [0.3, 0.4) is 0 Å². The molecule has 2 heteroatoms. The van der Waals surface area contributed by atoms with Gasteiger partial charge >= 0.3 is 0 Å². The Morgan fingerprint density at radius 3 is 2.56 bits per heavy atom. The molecule has 4 rings (SSSR count). The average Bonchev–Trinajstić information content (AvgIpc) is 3.05. The fraction of sp³-hybridized carbons (Fsp3) is 1.00. The number of fused-ring (bicyclic) bond motifs is 5. The van der Waals surface area contributed by atoms with Crippen LogP contribution in [0.25, 0.3) is 0 Å². The van der Waals surface area contributed by atoms with Gasteiger partial charge in [0.25, 0.3) is 0 Å². The molecule has 7 atom stereocenters. The molecule has 0 aliphatic heterocycles. The lowest BCUT2D eigenvalue weighted by atomic mass is 9.44. The Labute approximate surface area is 167 Å². The van der Waals surface area contributed by atoms with Gasteiger partial charge in [0.05, 0.1) is 5.60 Å². The molecule has 0 aromatic carbocycles. The van der Waals surface area contributed by atoms with E-state index in [2.05, 4.69) is 20.8 Å². The van der Waals surface area contributed by atoms with Gasteiger partial charge in [-0.25, -0.2) is 0 Å². The Balaban J connectivity index is 1.50. The molecule has 156 valence electrons. The minimum Gasteiger partial charge on any atom is -0.371 e. The van der Waals surface area contributed by atoms with Crippen LogP contribution in [0.15, 0.2) is 0 Å². The number of ether oxygens (including phenoxy) is 1. The smallest absolute Gasteiger partial charge is 0.144 e. The second kappa shape index (κ2) is 7.63. The van der Waals surface area contributed by atoms with Crippen LogP contribution >= 0.6 is 0 Å². The minimum absolute atomic E-state index is 0.0303. The molecule has 2 nitrogen and oxygen atoms in total. The highest BCUT2D eigenvalue weighted by molar-refractivity contribution is 5.09. The first-order chi connectivity index (χ1) is 13.0. The summed E-state index contributed by atoms with van der Waals surface area (Å²) >= 11 is 0. The lowest BCUT2D eigenvalue weighted by Gasteiger charge is -2.62. The summed E-state index contributed by atoms with van der Waals surface area (Å²) in [6.07, 6.45) is 19.0. The standard InChI is InChI=1S/C25H44O2/c1-4-5-6-13-25(27-18-26)16-15-24(3)19(17-25)9-10-20-21-8-7-12-23(21,2)14-11-22(20)24/h19-22,26H,4-18H2,1-3H3/t19?,20-,21-,22+,23-,24-,25?/m0/s1. The lowest BCUT2D eigenvalue weighted by Crippen LogP contribution is -2.55. The molecule has 27 heavy (non-hydrogen) atoms. The SMILES string of the molecule is CCCCCC1(OCO)CC[C@@]2(C)C(CC[C@@H]3[C@H]2CC[C@]2(C)CCC[C@@H]32)C1. The summed E-state index contributed by atoms with van der Waals surface area (Å²) in [4.78, 5) is 0. The summed E-state index contributed by atoms with van der Waals surface area (Å²) in [7, 11) is 0. The van der Waals surface area contributed by atoms with Crippen LogP contribution in [0.1, 0.15) is 111 Å². The molecular formula is C25H44O2. The first-order valence-electron chi connectivity index (χ1n) is 12.2. The van der Waals surface area contributed by atoms with Crippen molar-refractivity contribution in [3.8, 4) is 0 Å². The van der Waals surface area contributed by atoms with E-state index < -0.39 is 0 Å². The van der Waals surface area contributed by atoms with Crippen LogP contribution in [-0.4, -0.2) is 17.5 Å². The molecule has 2 unspecified atom stereocenters. The lowest BCUT2D eigenvalue weighted by molar-refractivity contribution is -0.191. The Morgan fingerprint density at radius 1 is 0.926 bits per heavy atom. The molecule has 4 fully saturated rings. The van der Waals surface area contributed by atoms with E-state index in [9.17, 15) is 5.11 Å². The van der Waals surface area contributed by atoms with Crippen LogP contribution < -0.4 is 0 Å². The monoisotopic (exact) mass is 376 g/mol. The molecule has 4 saturated carbocycles. The molecule has 0 bridgehead atoms. The Bertz CT molecular complexity index is 518. The van der Waals surface area contributed by atoms with E-state index in [0.29, 0.717) is 10.8 Å². The van der Waals surface area contributed by atoms with Crippen LogP contribution in [0.2, 0.25) is 0 Å². The van der Waals surface area contributed by atoms with E-state index in [1.54, 1.807) is 0 Å². The summed E-state index contributed by atoms with van der Waals surface area (Å²) in [5.74, 6) is 3.78. The number of aliphatic hydroxyl groups is 1. The highest BCUT2D eigenvalue weighted by Crippen LogP contribution is 2.67. The van der Waals surface area contributed by atoms with Gasteiger partial charge in [0.15, 0.2) is 0 Å². The normalized spacial score (nSPS) is 49.3. The van der Waals surface area contributed by atoms with Crippen molar-refractivity contribution in [1.29, 1.82) is 0 Å². The summed E-state index contributed by atoms with van der Waals surface area (Å²) in [6.45, 7) is 7.45. The fourth-order valence-corrected chi connectivity index (χ4v) is 8.57. The number of aliphatic hydroxyl groups excluding tert-OH is 1. The maximum absolute atomic E-state index is 9.60. The van der Waals surface area contributed by atoms with E-state index in [-0.39, 0.29) is 12.4 Å². The van der Waals surface area contributed by atoms with Crippen molar-refractivity contribution in [3.63, 3.8) is 0 Å². The van der Waals surface area contributed by atoms with Crippen molar-refractivity contribution in [1.82, 2.24) is 0 Å². The molecule has 0 spiro atoms.